The van der Waals surface area contributed by atoms with Gasteiger partial charge in [-0.15, -0.1) is 13.2 Å². The Kier molecular flexibility index (Phi) is 7.94. The summed E-state index contributed by atoms with van der Waals surface area (Å²) < 4.78 is 0. The predicted octanol–water partition coefficient (Wildman–Crippen LogP) is 2.27. The van der Waals surface area contributed by atoms with E-state index in [-0.39, 0.29) is 5.91 Å². The van der Waals surface area contributed by atoms with Crippen molar-refractivity contribution in [3.05, 3.63) is 36.6 Å². The molecule has 0 saturated heterocycles. The van der Waals surface area contributed by atoms with Gasteiger partial charge in [0.1, 0.15) is 0 Å². The maximum Gasteiger partial charge on any atom is 0.249 e. The van der Waals surface area contributed by atoms with E-state index in [1.165, 1.54) is 0 Å². The summed E-state index contributed by atoms with van der Waals surface area (Å²) in [6, 6.07) is 0. The molecule has 16 heavy (non-hydrogen) atoms. The molecule has 0 unspecified atom stereocenters. The number of carbonyl (C=O) groups is 1. The number of hydrogen-bond acceptors (Lipinski definition) is 2. The van der Waals surface area contributed by atoms with E-state index in [0.717, 1.165) is 12.8 Å². The first-order valence-electron chi connectivity index (χ1n) is 5.64. The van der Waals surface area contributed by atoms with Crippen molar-refractivity contribution in [2.24, 2.45) is 5.73 Å². The molecule has 0 aromatic carbocycles. The van der Waals surface area contributed by atoms with E-state index in [0.29, 0.717) is 30.7 Å². The van der Waals surface area contributed by atoms with Crippen LogP contribution in [0.25, 0.3) is 0 Å². The Morgan fingerprint density at radius 1 is 1.31 bits per heavy atom. The number of unbranched alkanes of at least 4 members (excludes halogenated alkanes) is 1. The van der Waals surface area contributed by atoms with Crippen LogP contribution >= 0.6 is 0 Å². The van der Waals surface area contributed by atoms with Gasteiger partial charge >= 0.3 is 0 Å². The second-order valence-corrected chi connectivity index (χ2v) is 3.60. The van der Waals surface area contributed by atoms with Gasteiger partial charge in [0, 0.05) is 24.2 Å². The second kappa shape index (κ2) is 8.77. The van der Waals surface area contributed by atoms with Gasteiger partial charge in [-0.25, -0.2) is 0 Å². The first-order valence-corrected chi connectivity index (χ1v) is 5.64. The molecule has 0 heterocycles. The summed E-state index contributed by atoms with van der Waals surface area (Å²) in [6.45, 7) is 10.0. The molecular weight excluding hydrogens is 200 g/mol. The number of rotatable bonds is 8. The van der Waals surface area contributed by atoms with Crippen LogP contribution in [0.1, 0.15) is 32.6 Å². The molecule has 0 aromatic rings. The third-order valence-electron chi connectivity index (χ3n) is 2.19. The van der Waals surface area contributed by atoms with Gasteiger partial charge in [-0.3, -0.25) is 4.79 Å². The number of allylic oxidation sites excluding steroid dienone is 2. The molecule has 90 valence electrons. The van der Waals surface area contributed by atoms with E-state index in [1.54, 1.807) is 12.2 Å². The van der Waals surface area contributed by atoms with Crippen LogP contribution in [0.15, 0.2) is 36.6 Å². The van der Waals surface area contributed by atoms with Gasteiger partial charge in [0.2, 0.25) is 5.91 Å². The van der Waals surface area contributed by atoms with E-state index in [2.05, 4.69) is 25.4 Å². The van der Waals surface area contributed by atoms with Crippen LogP contribution < -0.4 is 11.1 Å². The van der Waals surface area contributed by atoms with Gasteiger partial charge in [-0.2, -0.15) is 0 Å². The summed E-state index contributed by atoms with van der Waals surface area (Å²) >= 11 is 0. The monoisotopic (exact) mass is 222 g/mol. The standard InChI is InChI=1S/C13H22N2O/c1-4-7-10-15-13(16)11(8-5-2)12(14)9-6-3/h5-6H,2-4,7-10,14H2,1H3,(H,15,16)/b12-11-. The molecule has 0 aromatic heterocycles. The summed E-state index contributed by atoms with van der Waals surface area (Å²) in [7, 11) is 0. The highest BCUT2D eigenvalue weighted by Crippen LogP contribution is 2.09. The van der Waals surface area contributed by atoms with Crippen molar-refractivity contribution >= 4 is 5.91 Å². The van der Waals surface area contributed by atoms with E-state index >= 15 is 0 Å². The largest absolute Gasteiger partial charge is 0.401 e. The average molecular weight is 222 g/mol. The molecule has 0 fully saturated rings. The lowest BCUT2D eigenvalue weighted by atomic mass is 10.1. The van der Waals surface area contributed by atoms with E-state index in [4.69, 9.17) is 5.73 Å². The van der Waals surface area contributed by atoms with Crippen LogP contribution in [-0.4, -0.2) is 12.5 Å². The normalized spacial score (nSPS) is 11.6. The molecule has 0 spiro atoms. The molecule has 1 amide bonds. The minimum atomic E-state index is -0.0901. The molecule has 0 aliphatic rings. The zero-order chi connectivity index (χ0) is 12.4. The molecular formula is C13H22N2O. The SMILES string of the molecule is C=CC/C(N)=C(\CC=C)C(=O)NCCCC. The predicted molar refractivity (Wildman–Crippen MR) is 68.8 cm³/mol. The maximum atomic E-state index is 11.8. The number of nitrogens with one attached hydrogen (secondary N) is 1. The zero-order valence-electron chi connectivity index (χ0n) is 10.1. The fourth-order valence-corrected chi connectivity index (χ4v) is 1.28. The van der Waals surface area contributed by atoms with E-state index in [1.807, 2.05) is 0 Å². The highest BCUT2D eigenvalue weighted by molar-refractivity contribution is 5.94. The molecule has 3 nitrogen and oxygen atoms in total. The minimum absolute atomic E-state index is 0.0901. The third kappa shape index (κ3) is 5.39. The second-order valence-electron chi connectivity index (χ2n) is 3.60. The smallest absolute Gasteiger partial charge is 0.249 e. The van der Waals surface area contributed by atoms with E-state index in [9.17, 15) is 4.79 Å². The summed E-state index contributed by atoms with van der Waals surface area (Å²) in [5, 5.41) is 2.85. The highest BCUT2D eigenvalue weighted by atomic mass is 16.1. The van der Waals surface area contributed by atoms with Crippen molar-refractivity contribution in [2.45, 2.75) is 32.6 Å². The average Bonchev–Trinajstić information content (AvgIpc) is 2.26. The molecule has 3 N–H and O–H groups in total. The van der Waals surface area contributed by atoms with Crippen molar-refractivity contribution in [1.29, 1.82) is 0 Å². The van der Waals surface area contributed by atoms with Gasteiger partial charge in [0.05, 0.1) is 0 Å². The summed E-state index contributed by atoms with van der Waals surface area (Å²) in [4.78, 5) is 11.8. The topological polar surface area (TPSA) is 55.1 Å². The lowest BCUT2D eigenvalue weighted by Gasteiger charge is -2.09. The van der Waals surface area contributed by atoms with Crippen molar-refractivity contribution in [2.75, 3.05) is 6.54 Å². The van der Waals surface area contributed by atoms with Crippen LogP contribution in [0.2, 0.25) is 0 Å². The van der Waals surface area contributed by atoms with Crippen LogP contribution in [0, 0.1) is 0 Å². The number of amides is 1. The highest BCUT2D eigenvalue weighted by Gasteiger charge is 2.10. The van der Waals surface area contributed by atoms with Gasteiger partial charge in [-0.1, -0.05) is 25.5 Å². The molecule has 0 bridgehead atoms. The number of nitrogens with two attached hydrogens (primary N) is 1. The molecule has 0 rings (SSSR count). The van der Waals surface area contributed by atoms with Gasteiger partial charge < -0.3 is 11.1 Å². The molecule has 0 aliphatic carbocycles. The Morgan fingerprint density at radius 2 is 1.94 bits per heavy atom. The molecule has 0 saturated carbocycles. The lowest BCUT2D eigenvalue weighted by Crippen LogP contribution is -2.27. The Bertz CT molecular complexity index is 280. The number of hydrogen-bond donors (Lipinski definition) is 2. The van der Waals surface area contributed by atoms with Crippen molar-refractivity contribution in [3.8, 4) is 0 Å². The molecule has 0 radical (unpaired) electrons. The quantitative estimate of drug-likeness (QED) is 0.376. The van der Waals surface area contributed by atoms with Gasteiger partial charge in [0.15, 0.2) is 0 Å². The summed E-state index contributed by atoms with van der Waals surface area (Å²) in [6.07, 6.45) is 6.45. The summed E-state index contributed by atoms with van der Waals surface area (Å²) in [5.41, 5.74) is 7.00. The van der Waals surface area contributed by atoms with Gasteiger partial charge in [-0.05, 0) is 12.8 Å². The number of carbonyl (C=O) groups excluding carboxylic acids is 1. The maximum absolute atomic E-state index is 11.8. The lowest BCUT2D eigenvalue weighted by molar-refractivity contribution is -0.117. The first kappa shape index (κ1) is 14.5. The Morgan fingerprint density at radius 3 is 2.44 bits per heavy atom. The molecule has 0 atom stereocenters. The van der Waals surface area contributed by atoms with Crippen LogP contribution in [-0.2, 0) is 4.79 Å². The fourth-order valence-electron chi connectivity index (χ4n) is 1.28. The summed E-state index contributed by atoms with van der Waals surface area (Å²) in [5.74, 6) is -0.0901. The Labute approximate surface area is 98.1 Å². The third-order valence-corrected chi connectivity index (χ3v) is 2.19. The van der Waals surface area contributed by atoms with E-state index < -0.39 is 0 Å². The fraction of sp³-hybridized carbons (Fsp3) is 0.462. The van der Waals surface area contributed by atoms with Crippen molar-refractivity contribution in [3.63, 3.8) is 0 Å². The molecule has 0 aliphatic heterocycles. The minimum Gasteiger partial charge on any atom is -0.401 e. The Balaban J connectivity index is 4.51. The van der Waals surface area contributed by atoms with Crippen LogP contribution in [0.5, 0.6) is 0 Å². The van der Waals surface area contributed by atoms with Gasteiger partial charge in [0.25, 0.3) is 0 Å². The molecule has 3 heteroatoms. The zero-order valence-corrected chi connectivity index (χ0v) is 10.1. The van der Waals surface area contributed by atoms with Crippen LogP contribution in [0.4, 0.5) is 0 Å². The Hall–Kier alpha value is -1.51. The van der Waals surface area contributed by atoms with Crippen LogP contribution in [0.3, 0.4) is 0 Å². The van der Waals surface area contributed by atoms with Crippen molar-refractivity contribution in [1.82, 2.24) is 5.32 Å². The van der Waals surface area contributed by atoms with Crippen molar-refractivity contribution < 1.29 is 4.79 Å². The first-order chi connectivity index (χ1) is 7.67.